The average molecular weight is 287 g/mol. The second-order valence-electron chi connectivity index (χ2n) is 4.52. The highest BCUT2D eigenvalue weighted by Crippen LogP contribution is 2.27. The molecule has 1 aliphatic rings. The Hall–Kier alpha value is -2.90. The van der Waals surface area contributed by atoms with Gasteiger partial charge in [-0.2, -0.15) is 0 Å². The predicted octanol–water partition coefficient (Wildman–Crippen LogP) is 0.809. The zero-order valence-electron chi connectivity index (χ0n) is 11.2. The molecule has 0 bridgehead atoms. The molecule has 0 saturated heterocycles. The first-order chi connectivity index (χ1) is 10.2. The van der Waals surface area contributed by atoms with E-state index in [-0.39, 0.29) is 24.2 Å². The highest BCUT2D eigenvalue weighted by atomic mass is 16.5. The second kappa shape index (κ2) is 5.23. The van der Waals surface area contributed by atoms with Crippen LogP contribution in [0.2, 0.25) is 0 Å². The molecule has 0 spiro atoms. The van der Waals surface area contributed by atoms with E-state index in [0.29, 0.717) is 11.4 Å². The van der Waals surface area contributed by atoms with Gasteiger partial charge in [-0.1, -0.05) is 12.1 Å². The molecule has 0 aliphatic carbocycles. The minimum atomic E-state index is -0.686. The van der Waals surface area contributed by atoms with Crippen molar-refractivity contribution in [3.05, 3.63) is 30.6 Å². The molecule has 1 aromatic heterocycles. The van der Waals surface area contributed by atoms with Crippen LogP contribution in [-0.2, 0) is 9.59 Å². The first-order valence-electron chi connectivity index (χ1n) is 6.32. The number of aromatic nitrogens is 3. The van der Waals surface area contributed by atoms with Gasteiger partial charge in [0.25, 0.3) is 0 Å². The zero-order valence-corrected chi connectivity index (χ0v) is 11.2. The van der Waals surface area contributed by atoms with E-state index in [9.17, 15) is 9.59 Å². The van der Waals surface area contributed by atoms with Crippen molar-refractivity contribution >= 4 is 23.5 Å². The van der Waals surface area contributed by atoms with E-state index in [1.807, 2.05) is 0 Å². The minimum absolute atomic E-state index is 0.0338. The molecular weight excluding hydrogens is 274 g/mol. The molecular formula is C13H13N5O3. The molecule has 0 saturated carbocycles. The maximum Gasteiger partial charge on any atom is 0.248 e. The minimum Gasteiger partial charge on any atom is -0.495 e. The standard InChI is InChI=1S/C13H13N5O3/c1-21-10-5-3-2-4-8(10)15-12(20)9-6-11(19)16-13-17-14-7-18(9)13/h2-5,7,9H,6H2,1H3,(H,15,20)(H,16,17,19). The van der Waals surface area contributed by atoms with Crippen LogP contribution in [0, 0.1) is 0 Å². The fourth-order valence-electron chi connectivity index (χ4n) is 2.19. The number of methoxy groups -OCH3 is 1. The van der Waals surface area contributed by atoms with Crippen molar-refractivity contribution in [3.63, 3.8) is 0 Å². The molecule has 2 aromatic rings. The highest BCUT2D eigenvalue weighted by Gasteiger charge is 2.31. The summed E-state index contributed by atoms with van der Waals surface area (Å²) in [6.45, 7) is 0. The number of fused-ring (bicyclic) bond motifs is 1. The van der Waals surface area contributed by atoms with Crippen LogP contribution < -0.4 is 15.4 Å². The van der Waals surface area contributed by atoms with E-state index in [0.717, 1.165) is 0 Å². The van der Waals surface area contributed by atoms with Crippen molar-refractivity contribution in [1.82, 2.24) is 14.8 Å². The Labute approximate surface area is 120 Å². The van der Waals surface area contributed by atoms with Gasteiger partial charge in [-0.15, -0.1) is 10.2 Å². The first-order valence-corrected chi connectivity index (χ1v) is 6.32. The third kappa shape index (κ3) is 2.42. The summed E-state index contributed by atoms with van der Waals surface area (Å²) in [6, 6.07) is 6.38. The number of benzene rings is 1. The normalized spacial score (nSPS) is 16.8. The van der Waals surface area contributed by atoms with Crippen LogP contribution in [-0.4, -0.2) is 33.7 Å². The average Bonchev–Trinajstić information content (AvgIpc) is 2.94. The summed E-state index contributed by atoms with van der Waals surface area (Å²) in [7, 11) is 1.52. The number of ether oxygens (including phenoxy) is 1. The van der Waals surface area contributed by atoms with Crippen LogP contribution in [0.15, 0.2) is 30.6 Å². The number of rotatable bonds is 3. The zero-order chi connectivity index (χ0) is 14.8. The lowest BCUT2D eigenvalue weighted by Gasteiger charge is -2.23. The summed E-state index contributed by atoms with van der Waals surface area (Å²) < 4.78 is 6.72. The molecule has 8 nitrogen and oxygen atoms in total. The maximum atomic E-state index is 12.4. The number of carbonyl (C=O) groups is 2. The number of nitrogens with zero attached hydrogens (tertiary/aromatic N) is 3. The van der Waals surface area contributed by atoms with Gasteiger partial charge in [-0.25, -0.2) is 0 Å². The smallest absolute Gasteiger partial charge is 0.248 e. The summed E-state index contributed by atoms with van der Waals surface area (Å²) in [5.41, 5.74) is 0.547. The molecule has 108 valence electrons. The van der Waals surface area contributed by atoms with Gasteiger partial charge in [0.1, 0.15) is 18.1 Å². The van der Waals surface area contributed by atoms with E-state index >= 15 is 0 Å². The molecule has 2 heterocycles. The number of amides is 2. The molecule has 1 unspecified atom stereocenters. The Bertz CT molecular complexity index is 697. The number of para-hydroxylation sites is 2. The van der Waals surface area contributed by atoms with Gasteiger partial charge in [0.15, 0.2) is 0 Å². The lowest BCUT2D eigenvalue weighted by Crippen LogP contribution is -2.35. The largest absolute Gasteiger partial charge is 0.495 e. The van der Waals surface area contributed by atoms with Crippen LogP contribution in [0.3, 0.4) is 0 Å². The summed E-state index contributed by atoms with van der Waals surface area (Å²) in [5.74, 6) is 0.229. The van der Waals surface area contributed by atoms with Gasteiger partial charge in [-0.05, 0) is 12.1 Å². The molecule has 2 N–H and O–H groups in total. The molecule has 0 radical (unpaired) electrons. The molecule has 3 rings (SSSR count). The molecule has 8 heteroatoms. The summed E-state index contributed by atoms with van der Waals surface area (Å²) in [4.78, 5) is 24.0. The molecule has 0 fully saturated rings. The van der Waals surface area contributed by atoms with Crippen LogP contribution in [0.5, 0.6) is 5.75 Å². The fraction of sp³-hybridized carbons (Fsp3) is 0.231. The third-order valence-electron chi connectivity index (χ3n) is 3.21. The fourth-order valence-corrected chi connectivity index (χ4v) is 2.19. The lowest BCUT2D eigenvalue weighted by atomic mass is 10.1. The van der Waals surface area contributed by atoms with Crippen LogP contribution in [0.25, 0.3) is 0 Å². The van der Waals surface area contributed by atoms with E-state index in [1.165, 1.54) is 18.0 Å². The Morgan fingerprint density at radius 2 is 2.29 bits per heavy atom. The third-order valence-corrected chi connectivity index (χ3v) is 3.21. The van der Waals surface area contributed by atoms with Gasteiger partial charge in [0.2, 0.25) is 17.8 Å². The lowest BCUT2D eigenvalue weighted by molar-refractivity contribution is -0.125. The Morgan fingerprint density at radius 1 is 1.48 bits per heavy atom. The van der Waals surface area contributed by atoms with Gasteiger partial charge in [0.05, 0.1) is 19.2 Å². The number of anilines is 2. The maximum absolute atomic E-state index is 12.4. The first kappa shape index (κ1) is 13.1. The number of hydrogen-bond donors (Lipinski definition) is 2. The van der Waals surface area contributed by atoms with Gasteiger partial charge < -0.3 is 10.1 Å². The second-order valence-corrected chi connectivity index (χ2v) is 4.52. The van der Waals surface area contributed by atoms with E-state index in [1.54, 1.807) is 24.3 Å². The molecule has 2 amide bonds. The quantitative estimate of drug-likeness (QED) is 0.870. The van der Waals surface area contributed by atoms with Crippen molar-refractivity contribution in [2.24, 2.45) is 0 Å². The molecule has 21 heavy (non-hydrogen) atoms. The van der Waals surface area contributed by atoms with Crippen molar-refractivity contribution < 1.29 is 14.3 Å². The number of carbonyl (C=O) groups excluding carboxylic acids is 2. The Balaban J connectivity index is 1.85. The van der Waals surface area contributed by atoms with E-state index < -0.39 is 6.04 Å². The number of nitrogens with one attached hydrogen (secondary N) is 2. The van der Waals surface area contributed by atoms with Gasteiger partial charge in [0, 0.05) is 0 Å². The van der Waals surface area contributed by atoms with Gasteiger partial charge >= 0.3 is 0 Å². The van der Waals surface area contributed by atoms with E-state index in [4.69, 9.17) is 4.74 Å². The van der Waals surface area contributed by atoms with Gasteiger partial charge in [-0.3, -0.25) is 19.5 Å². The Morgan fingerprint density at radius 3 is 3.10 bits per heavy atom. The summed E-state index contributed by atoms with van der Waals surface area (Å²) in [6.07, 6.45) is 1.45. The van der Waals surface area contributed by atoms with Crippen molar-refractivity contribution in [2.45, 2.75) is 12.5 Å². The highest BCUT2D eigenvalue weighted by molar-refractivity contribution is 6.01. The Kier molecular flexibility index (Phi) is 3.27. The monoisotopic (exact) mass is 287 g/mol. The van der Waals surface area contributed by atoms with Crippen LogP contribution in [0.1, 0.15) is 12.5 Å². The number of hydrogen-bond acceptors (Lipinski definition) is 5. The van der Waals surface area contributed by atoms with Crippen LogP contribution in [0.4, 0.5) is 11.6 Å². The summed E-state index contributed by atoms with van der Waals surface area (Å²) in [5, 5.41) is 12.8. The van der Waals surface area contributed by atoms with Crippen LogP contribution >= 0.6 is 0 Å². The van der Waals surface area contributed by atoms with Crippen molar-refractivity contribution in [1.29, 1.82) is 0 Å². The topological polar surface area (TPSA) is 98.1 Å². The molecule has 1 aromatic carbocycles. The summed E-state index contributed by atoms with van der Waals surface area (Å²) >= 11 is 0. The van der Waals surface area contributed by atoms with Crippen molar-refractivity contribution in [3.8, 4) is 5.75 Å². The molecule has 1 aliphatic heterocycles. The van der Waals surface area contributed by atoms with E-state index in [2.05, 4.69) is 20.8 Å². The predicted molar refractivity (Wildman–Crippen MR) is 73.9 cm³/mol. The van der Waals surface area contributed by atoms with Crippen molar-refractivity contribution in [2.75, 3.05) is 17.7 Å². The SMILES string of the molecule is COc1ccccc1NC(=O)C1CC(=O)Nc2nncn21. The molecule has 1 atom stereocenters.